The zero-order chi connectivity index (χ0) is 0. The maximum absolute atomic E-state index is 0. The number of hydrogen-bond acceptors (Lipinski definition) is 0. The molecule has 0 atom stereocenters. The second-order valence-corrected chi connectivity index (χ2v) is 0. The minimum absolute atomic E-state index is 0. The summed E-state index contributed by atoms with van der Waals surface area (Å²) < 4.78 is 0. The molecule has 7 heteroatoms. The first-order valence-corrected chi connectivity index (χ1v) is 0. The van der Waals surface area contributed by atoms with E-state index in [4.69, 9.17) is 0 Å². The first kappa shape index (κ1) is 119. The molecule has 7 heavy (non-hydrogen) atoms. The monoisotopic (exact) mass is 254 g/mol. The Morgan fingerprint density at radius 3 is 0.571 bits per heavy atom. The third kappa shape index (κ3) is 61.4. The third-order valence-electron chi connectivity index (χ3n) is 0. The van der Waals surface area contributed by atoms with Gasteiger partial charge < -0.3 is 21.9 Å². The Morgan fingerprint density at radius 2 is 0.571 bits per heavy atom. The summed E-state index contributed by atoms with van der Waals surface area (Å²) in [6.07, 6.45) is 0. The zero-order valence-corrected chi connectivity index (χ0v) is 9.69. The van der Waals surface area contributed by atoms with Crippen LogP contribution in [0.3, 0.4) is 0 Å². The van der Waals surface area contributed by atoms with Crippen LogP contribution in [0.25, 0.3) is 0 Å². The van der Waals surface area contributed by atoms with Crippen molar-refractivity contribution in [1.82, 2.24) is 0 Å². The smallest absolute Gasteiger partial charge is 2.00 e. The summed E-state index contributed by atoms with van der Waals surface area (Å²) in [5.41, 5.74) is 0. The van der Waals surface area contributed by atoms with Gasteiger partial charge in [-0.2, -0.15) is 0 Å². The molecule has 4 nitrogen and oxygen atoms in total. The Bertz CT molecular complexity index is 11.7. The first-order valence-electron chi connectivity index (χ1n) is 0. The standard InChI is InChI=1S/Al.La.Mg.4O/q2*+3;+2;4*-2. The molecule has 0 saturated heterocycles. The summed E-state index contributed by atoms with van der Waals surface area (Å²) in [5.74, 6) is 0. The van der Waals surface area contributed by atoms with Gasteiger partial charge >= 0.3 is 76.0 Å². The van der Waals surface area contributed by atoms with Crippen LogP contribution in [0.4, 0.5) is 0 Å². The Hall–Kier alpha value is 2.33. The van der Waals surface area contributed by atoms with Crippen molar-refractivity contribution in [3.8, 4) is 0 Å². The maximum atomic E-state index is 0. The summed E-state index contributed by atoms with van der Waals surface area (Å²) in [5, 5.41) is 0. The van der Waals surface area contributed by atoms with Gasteiger partial charge in [0.15, 0.2) is 0 Å². The van der Waals surface area contributed by atoms with Crippen molar-refractivity contribution in [2.24, 2.45) is 0 Å². The van der Waals surface area contributed by atoms with Gasteiger partial charge in [0.05, 0.1) is 0 Å². The molecule has 0 aromatic rings. The SMILES string of the molecule is [Al+3].[La+3].[Mg+2].[O-2].[O-2].[O-2].[O-2]. The summed E-state index contributed by atoms with van der Waals surface area (Å²) in [4.78, 5) is 0. The predicted octanol–water partition coefficient (Wildman–Crippen LogP) is -1.24. The van der Waals surface area contributed by atoms with Crippen molar-refractivity contribution in [3.63, 3.8) is 0 Å². The molecule has 0 aliphatic heterocycles. The predicted molar refractivity (Wildman–Crippen MR) is 14.3 cm³/mol. The van der Waals surface area contributed by atoms with Crippen molar-refractivity contribution >= 4 is 40.4 Å². The largest absolute Gasteiger partial charge is 3.00 e. The summed E-state index contributed by atoms with van der Waals surface area (Å²) in [7, 11) is 0. The van der Waals surface area contributed by atoms with E-state index in [1.807, 2.05) is 0 Å². The van der Waals surface area contributed by atoms with E-state index in [-0.39, 0.29) is 97.9 Å². The molecular formula is AlLaMgO4. The van der Waals surface area contributed by atoms with Crippen LogP contribution in [0.5, 0.6) is 0 Å². The molecule has 0 bridgehead atoms. The van der Waals surface area contributed by atoms with E-state index in [0.29, 0.717) is 0 Å². The van der Waals surface area contributed by atoms with Crippen LogP contribution in [-0.2, 0) is 21.9 Å². The molecule has 0 rings (SSSR count). The summed E-state index contributed by atoms with van der Waals surface area (Å²) in [6, 6.07) is 0. The van der Waals surface area contributed by atoms with Crippen molar-refractivity contribution < 1.29 is 57.5 Å². The molecule has 0 radical (unpaired) electrons. The van der Waals surface area contributed by atoms with Crippen LogP contribution in [-0.4, -0.2) is 40.4 Å². The molecule has 0 heterocycles. The van der Waals surface area contributed by atoms with Gasteiger partial charge in [-0.3, -0.25) is 0 Å². The molecule has 0 amide bonds. The van der Waals surface area contributed by atoms with Gasteiger partial charge in [0.2, 0.25) is 0 Å². The van der Waals surface area contributed by atoms with Gasteiger partial charge in [-0.25, -0.2) is 0 Å². The van der Waals surface area contributed by atoms with Gasteiger partial charge in [-0.15, -0.1) is 0 Å². The van der Waals surface area contributed by atoms with Crippen LogP contribution >= 0.6 is 0 Å². The van der Waals surface area contributed by atoms with Crippen LogP contribution in [0.1, 0.15) is 0 Å². The molecule has 0 aromatic heterocycles. The van der Waals surface area contributed by atoms with Gasteiger partial charge in [0, 0.05) is 0 Å². The van der Waals surface area contributed by atoms with Crippen LogP contribution < -0.4 is 0 Å². The van der Waals surface area contributed by atoms with E-state index in [1.54, 1.807) is 0 Å². The molecule has 0 N–H and O–H groups in total. The molecule has 0 fully saturated rings. The number of rotatable bonds is 0. The van der Waals surface area contributed by atoms with Crippen molar-refractivity contribution in [1.29, 1.82) is 0 Å². The van der Waals surface area contributed by atoms with Crippen molar-refractivity contribution in [2.75, 3.05) is 0 Å². The average molecular weight is 254 g/mol. The Morgan fingerprint density at radius 1 is 0.571 bits per heavy atom. The fourth-order valence-corrected chi connectivity index (χ4v) is 0. The summed E-state index contributed by atoms with van der Waals surface area (Å²) >= 11 is 0. The van der Waals surface area contributed by atoms with E-state index in [1.165, 1.54) is 0 Å². The van der Waals surface area contributed by atoms with Gasteiger partial charge in [-0.1, -0.05) is 0 Å². The van der Waals surface area contributed by atoms with Crippen LogP contribution in [0.2, 0.25) is 0 Å². The Kier molecular flexibility index (Phi) is 1400. The second-order valence-electron chi connectivity index (χ2n) is 0. The first-order chi connectivity index (χ1) is 0. The summed E-state index contributed by atoms with van der Waals surface area (Å²) in [6.45, 7) is 0. The van der Waals surface area contributed by atoms with Crippen LogP contribution in [0, 0.1) is 35.6 Å². The van der Waals surface area contributed by atoms with E-state index in [9.17, 15) is 0 Å². The molecule has 0 unspecified atom stereocenters. The zero-order valence-electron chi connectivity index (χ0n) is 3.49. The second kappa shape index (κ2) is 82.3. The molecule has 0 spiro atoms. The van der Waals surface area contributed by atoms with E-state index in [0.717, 1.165) is 0 Å². The van der Waals surface area contributed by atoms with Gasteiger partial charge in [0.25, 0.3) is 0 Å². The van der Waals surface area contributed by atoms with Gasteiger partial charge in [-0.05, 0) is 0 Å². The Labute approximate surface area is 96.5 Å². The normalized spacial score (nSPS) is 0. The minimum Gasteiger partial charge on any atom is -2.00 e. The fourth-order valence-electron chi connectivity index (χ4n) is 0. The molecule has 0 aromatic carbocycles. The van der Waals surface area contributed by atoms with Gasteiger partial charge in [0.1, 0.15) is 0 Å². The molecule has 0 saturated carbocycles. The topological polar surface area (TPSA) is 114 Å². The number of hydrogen-bond donors (Lipinski definition) is 0. The minimum atomic E-state index is 0. The van der Waals surface area contributed by atoms with Crippen LogP contribution in [0.15, 0.2) is 0 Å². The molecule has 0 aliphatic rings. The van der Waals surface area contributed by atoms with Crippen molar-refractivity contribution in [2.45, 2.75) is 0 Å². The van der Waals surface area contributed by atoms with E-state index >= 15 is 0 Å². The maximum Gasteiger partial charge on any atom is 3.00 e. The average Bonchev–Trinajstić information content (AvgIpc) is 0. The molecule has 0 aliphatic carbocycles. The van der Waals surface area contributed by atoms with E-state index < -0.39 is 0 Å². The quantitative estimate of drug-likeness (QED) is 0.481. The molecular weight excluding hydrogens is 254 g/mol. The third-order valence-corrected chi connectivity index (χ3v) is 0. The van der Waals surface area contributed by atoms with E-state index in [2.05, 4.69) is 0 Å². The molecule has 32 valence electrons. The Balaban J connectivity index is 0. The fraction of sp³-hybridized carbons (Fsp3) is 0. The van der Waals surface area contributed by atoms with Crippen molar-refractivity contribution in [3.05, 3.63) is 0 Å².